The second-order valence-corrected chi connectivity index (χ2v) is 15.5. The molecule has 0 radical (unpaired) electrons. The molecule has 2 unspecified atom stereocenters. The minimum absolute atomic E-state index is 0.0854. The van der Waals surface area contributed by atoms with Gasteiger partial charge in [-0.1, -0.05) is 66.4 Å². The van der Waals surface area contributed by atoms with Crippen molar-refractivity contribution >= 4 is 56.5 Å². The first-order valence-electron chi connectivity index (χ1n) is 14.7. The Balaban J connectivity index is 1.02. The van der Waals surface area contributed by atoms with Gasteiger partial charge in [-0.15, -0.1) is 4.72 Å². The van der Waals surface area contributed by atoms with Gasteiger partial charge in [-0.05, 0) is 73.2 Å². The second-order valence-electron chi connectivity index (χ2n) is 12.6. The lowest BCUT2D eigenvalue weighted by Gasteiger charge is -2.46. The molecule has 6 nitrogen and oxygen atoms in total. The molecule has 1 saturated heterocycles. The van der Waals surface area contributed by atoms with Gasteiger partial charge in [-0.2, -0.15) is 0 Å². The van der Waals surface area contributed by atoms with Gasteiger partial charge in [0.15, 0.2) is 16.2 Å². The summed E-state index contributed by atoms with van der Waals surface area (Å²) in [5.74, 6) is 1.03. The highest BCUT2D eigenvalue weighted by Gasteiger charge is 2.56. The average Bonchev–Trinajstić information content (AvgIpc) is 3.69. The fraction of sp³-hybridized carbons (Fsp3) is 0.294. The SMILES string of the molecule is CC1(C)c2cccc3c2C(N[S+]1[O-])C1(CCN(c2nc4ccc(Sc5cccc6ccccc56)c5ncc2n45)CC1)C3. The van der Waals surface area contributed by atoms with Gasteiger partial charge in [0.05, 0.1) is 17.1 Å². The van der Waals surface area contributed by atoms with Gasteiger partial charge in [0, 0.05) is 40.3 Å². The van der Waals surface area contributed by atoms with Crippen molar-refractivity contribution in [2.75, 3.05) is 18.0 Å². The minimum Gasteiger partial charge on any atom is -0.597 e. The number of anilines is 1. The zero-order valence-corrected chi connectivity index (χ0v) is 25.3. The van der Waals surface area contributed by atoms with E-state index >= 15 is 0 Å². The topological polar surface area (TPSA) is 68.5 Å². The van der Waals surface area contributed by atoms with E-state index in [1.54, 1.807) is 11.8 Å². The van der Waals surface area contributed by atoms with Crippen LogP contribution in [0.25, 0.3) is 27.6 Å². The van der Waals surface area contributed by atoms with Crippen LogP contribution >= 0.6 is 11.8 Å². The third kappa shape index (κ3) is 3.43. The van der Waals surface area contributed by atoms with E-state index in [0.717, 1.165) is 59.9 Å². The molecule has 8 heteroatoms. The maximum atomic E-state index is 13.3. The third-order valence-electron chi connectivity index (χ3n) is 10.0. The van der Waals surface area contributed by atoms with Crippen LogP contribution in [0.3, 0.4) is 0 Å². The van der Waals surface area contributed by atoms with E-state index in [1.807, 2.05) is 6.20 Å². The van der Waals surface area contributed by atoms with E-state index in [2.05, 4.69) is 101 Å². The van der Waals surface area contributed by atoms with Gasteiger partial charge in [-0.3, -0.25) is 4.40 Å². The van der Waals surface area contributed by atoms with E-state index in [4.69, 9.17) is 9.97 Å². The molecule has 210 valence electrons. The number of hydrogen-bond acceptors (Lipinski definition) is 6. The Morgan fingerprint density at radius 1 is 0.952 bits per heavy atom. The number of rotatable bonds is 3. The fourth-order valence-electron chi connectivity index (χ4n) is 7.77. The van der Waals surface area contributed by atoms with Crippen LogP contribution in [0.5, 0.6) is 0 Å². The molecule has 42 heavy (non-hydrogen) atoms. The van der Waals surface area contributed by atoms with E-state index in [0.29, 0.717) is 0 Å². The van der Waals surface area contributed by atoms with Crippen molar-refractivity contribution in [3.63, 3.8) is 0 Å². The molecule has 3 aliphatic rings. The molecule has 2 aliphatic heterocycles. The Morgan fingerprint density at radius 3 is 2.64 bits per heavy atom. The van der Waals surface area contributed by atoms with Gasteiger partial charge < -0.3 is 9.45 Å². The van der Waals surface area contributed by atoms with Crippen LogP contribution in [0.15, 0.2) is 88.8 Å². The highest BCUT2D eigenvalue weighted by molar-refractivity contribution is 7.99. The molecule has 0 saturated carbocycles. The van der Waals surface area contributed by atoms with Crippen LogP contribution in [0.1, 0.15) is 49.4 Å². The number of imidazole rings is 2. The standard InChI is InChI=1S/C34H31N5OS2/c1-33(2)24-11-5-9-22-19-34(30(29(22)24)37-42(33)40)15-17-38(18-16-34)31-25-20-35-32-27(13-14-28(36-31)39(25)32)41-26-12-6-8-21-7-3-4-10-23(21)26/h3-14,20,30,37H,15-19H2,1-2H3. The molecule has 9 rings (SSSR count). The summed E-state index contributed by atoms with van der Waals surface area (Å²) in [6, 6.07) is 26.1. The number of fused-ring (bicyclic) bond motifs is 2. The van der Waals surface area contributed by atoms with Crippen molar-refractivity contribution in [2.45, 2.75) is 53.7 Å². The average molecular weight is 590 g/mol. The summed E-state index contributed by atoms with van der Waals surface area (Å²) >= 11 is 0.656. The molecular weight excluding hydrogens is 559 g/mol. The van der Waals surface area contributed by atoms with Crippen molar-refractivity contribution in [1.82, 2.24) is 19.1 Å². The Morgan fingerprint density at radius 2 is 1.76 bits per heavy atom. The molecule has 6 aromatic rings. The summed E-state index contributed by atoms with van der Waals surface area (Å²) in [5.41, 5.74) is 7.17. The predicted octanol–water partition coefficient (Wildman–Crippen LogP) is 7.01. The molecule has 0 bridgehead atoms. The second kappa shape index (κ2) is 8.86. The molecule has 2 atom stereocenters. The molecule has 1 aliphatic carbocycles. The van der Waals surface area contributed by atoms with Crippen LogP contribution in [0, 0.1) is 5.41 Å². The van der Waals surface area contributed by atoms with Gasteiger partial charge >= 0.3 is 0 Å². The highest BCUT2D eigenvalue weighted by atomic mass is 32.2. The van der Waals surface area contributed by atoms with Crippen LogP contribution in [-0.2, 0) is 22.5 Å². The first-order chi connectivity index (χ1) is 20.4. The van der Waals surface area contributed by atoms with Crippen molar-refractivity contribution in [1.29, 1.82) is 0 Å². The highest BCUT2D eigenvalue weighted by Crippen LogP contribution is 2.57. The van der Waals surface area contributed by atoms with Crippen LogP contribution < -0.4 is 9.62 Å². The molecule has 3 aromatic carbocycles. The fourth-order valence-corrected chi connectivity index (χ4v) is 10.1. The van der Waals surface area contributed by atoms with E-state index < -0.39 is 11.4 Å². The zero-order chi connectivity index (χ0) is 28.2. The summed E-state index contributed by atoms with van der Waals surface area (Å²) in [5, 5.41) is 2.51. The lowest BCUT2D eigenvalue weighted by Crippen LogP contribution is -2.52. The Hall–Kier alpha value is -3.30. The van der Waals surface area contributed by atoms with E-state index in [1.165, 1.54) is 32.4 Å². The van der Waals surface area contributed by atoms with Crippen LogP contribution in [0.2, 0.25) is 0 Å². The monoisotopic (exact) mass is 589 g/mol. The number of hydrogen-bond donors (Lipinski definition) is 1. The van der Waals surface area contributed by atoms with Crippen molar-refractivity contribution in [2.24, 2.45) is 5.41 Å². The Labute approximate surface area is 252 Å². The number of nitrogens with zero attached hydrogens (tertiary/aromatic N) is 4. The zero-order valence-electron chi connectivity index (χ0n) is 23.6. The van der Waals surface area contributed by atoms with Gasteiger partial charge in [-0.25, -0.2) is 9.97 Å². The molecule has 3 aromatic heterocycles. The normalized spacial score (nSPS) is 22.5. The molecule has 0 amide bonds. The smallest absolute Gasteiger partial charge is 0.164 e. The van der Waals surface area contributed by atoms with E-state index in [-0.39, 0.29) is 16.2 Å². The van der Waals surface area contributed by atoms with Gasteiger partial charge in [0.2, 0.25) is 0 Å². The minimum atomic E-state index is -1.11. The molecule has 1 fully saturated rings. The molecule has 1 spiro atoms. The number of piperidine rings is 1. The summed E-state index contributed by atoms with van der Waals surface area (Å²) in [7, 11) is 0. The number of nitrogens with one attached hydrogen (secondary N) is 1. The van der Waals surface area contributed by atoms with Crippen molar-refractivity contribution < 1.29 is 4.55 Å². The summed E-state index contributed by atoms with van der Waals surface area (Å²) < 4.78 is 18.8. The number of aromatic nitrogens is 3. The predicted molar refractivity (Wildman–Crippen MR) is 171 cm³/mol. The lowest BCUT2D eigenvalue weighted by molar-refractivity contribution is 0.173. The quantitative estimate of drug-likeness (QED) is 0.224. The number of pyridine rings is 1. The molecule has 5 heterocycles. The number of benzene rings is 3. The summed E-state index contributed by atoms with van der Waals surface area (Å²) in [4.78, 5) is 14.8. The van der Waals surface area contributed by atoms with Gasteiger partial charge in [0.1, 0.15) is 11.2 Å². The van der Waals surface area contributed by atoms with Gasteiger partial charge in [0.25, 0.3) is 0 Å². The summed E-state index contributed by atoms with van der Waals surface area (Å²) in [6.45, 7) is 6.05. The van der Waals surface area contributed by atoms with E-state index in [9.17, 15) is 4.55 Å². The van der Waals surface area contributed by atoms with Crippen LogP contribution in [0.4, 0.5) is 5.82 Å². The maximum absolute atomic E-state index is 13.3. The lowest BCUT2D eigenvalue weighted by atomic mass is 9.72. The Kier molecular flexibility index (Phi) is 5.32. The first-order valence-corrected chi connectivity index (χ1v) is 16.7. The molecule has 1 N–H and O–H groups in total. The van der Waals surface area contributed by atoms with Crippen LogP contribution in [-0.4, -0.2) is 32.0 Å². The largest absolute Gasteiger partial charge is 0.597 e. The summed E-state index contributed by atoms with van der Waals surface area (Å²) in [6.07, 6.45) is 5.12. The van der Waals surface area contributed by atoms with Crippen molar-refractivity contribution in [3.05, 3.63) is 95.7 Å². The molecular formula is C34H31N5OS2. The maximum Gasteiger partial charge on any atom is 0.164 e. The third-order valence-corrected chi connectivity index (χ3v) is 12.8. The first kappa shape index (κ1) is 25.2. The Bertz CT molecular complexity index is 2010. The van der Waals surface area contributed by atoms with Crippen molar-refractivity contribution in [3.8, 4) is 0 Å².